The smallest absolute Gasteiger partial charge is 0.305 e. The van der Waals surface area contributed by atoms with Gasteiger partial charge < -0.3 is 14.3 Å². The van der Waals surface area contributed by atoms with Gasteiger partial charge >= 0.3 is 11.9 Å². The van der Waals surface area contributed by atoms with E-state index in [1.54, 1.807) is 13.8 Å². The summed E-state index contributed by atoms with van der Waals surface area (Å²) in [6.45, 7) is 10.9. The molecule has 120 valence electrons. The maximum Gasteiger partial charge on any atom is 0.305 e. The lowest BCUT2D eigenvalue weighted by molar-refractivity contribution is -0.144. The first-order valence-corrected chi connectivity index (χ1v) is 7.22. The zero-order chi connectivity index (χ0) is 16.2. The highest BCUT2D eigenvalue weighted by molar-refractivity contribution is 5.69. The van der Waals surface area contributed by atoms with Gasteiger partial charge in [-0.15, -0.1) is 0 Å². The fourth-order valence-electron chi connectivity index (χ4n) is 0.865. The van der Waals surface area contributed by atoms with Crippen LogP contribution in [0.1, 0.15) is 66.2 Å². The molecule has 0 heterocycles. The van der Waals surface area contributed by atoms with Crippen LogP contribution in [0.15, 0.2) is 0 Å². The van der Waals surface area contributed by atoms with Gasteiger partial charge in [0.2, 0.25) is 0 Å². The summed E-state index contributed by atoms with van der Waals surface area (Å²) >= 11 is 0. The summed E-state index contributed by atoms with van der Waals surface area (Å²) in [5, 5.41) is 0. The quantitative estimate of drug-likeness (QED) is 0.507. The molecule has 0 aliphatic heterocycles. The molecule has 0 rings (SSSR count). The van der Waals surface area contributed by atoms with E-state index < -0.39 is 0 Å². The molecule has 0 aliphatic carbocycles. The van der Waals surface area contributed by atoms with Crippen molar-refractivity contribution in [3.8, 4) is 0 Å². The third-order valence-corrected chi connectivity index (χ3v) is 2.10. The summed E-state index contributed by atoms with van der Waals surface area (Å²) in [6, 6.07) is 0. The Kier molecular flexibility index (Phi) is 27.0. The second kappa shape index (κ2) is 22.8. The molecule has 0 amide bonds. The number of carbonyl (C=O) groups excluding carboxylic acids is 3. The van der Waals surface area contributed by atoms with Crippen LogP contribution in [0.4, 0.5) is 0 Å². The molecule has 5 nitrogen and oxygen atoms in total. The van der Waals surface area contributed by atoms with E-state index in [2.05, 4.69) is 13.8 Å². The normalized spacial score (nSPS) is 8.40. The van der Waals surface area contributed by atoms with Crippen LogP contribution in [0.3, 0.4) is 0 Å². The van der Waals surface area contributed by atoms with Crippen molar-refractivity contribution in [1.29, 1.82) is 0 Å². The van der Waals surface area contributed by atoms with Crippen LogP contribution in [0.5, 0.6) is 0 Å². The second-order valence-electron chi connectivity index (χ2n) is 3.86. The van der Waals surface area contributed by atoms with Gasteiger partial charge in [-0.05, 0) is 12.8 Å². The van der Waals surface area contributed by atoms with Crippen molar-refractivity contribution in [1.82, 2.24) is 0 Å². The Hall–Kier alpha value is -1.39. The van der Waals surface area contributed by atoms with Crippen LogP contribution in [0.25, 0.3) is 0 Å². The molecular weight excluding hydrogens is 260 g/mol. The SMILES string of the molecule is C=O.CCCCOC(=O)CC.CCCCOC(=O)CC. The number of ether oxygens (including phenoxy) is 2. The number of hydrogen-bond acceptors (Lipinski definition) is 5. The predicted molar refractivity (Wildman–Crippen MR) is 79.4 cm³/mol. The fraction of sp³-hybridized carbons (Fsp3) is 0.800. The molecule has 0 unspecified atom stereocenters. The number of esters is 2. The average Bonchev–Trinajstić information content (AvgIpc) is 2.50. The monoisotopic (exact) mass is 290 g/mol. The summed E-state index contributed by atoms with van der Waals surface area (Å²) in [5.41, 5.74) is 0. The Morgan fingerprint density at radius 1 is 0.750 bits per heavy atom. The minimum Gasteiger partial charge on any atom is -0.466 e. The van der Waals surface area contributed by atoms with Crippen molar-refractivity contribution in [2.24, 2.45) is 0 Å². The lowest BCUT2D eigenvalue weighted by Crippen LogP contribution is -2.02. The minimum atomic E-state index is -0.0940. The van der Waals surface area contributed by atoms with E-state index in [-0.39, 0.29) is 11.9 Å². The standard InChI is InChI=1S/2C7H14O2.CH2O/c2*1-3-5-6-9-7(8)4-2;1-2/h2*3-6H2,1-2H3;1H2. The molecule has 0 spiro atoms. The van der Waals surface area contributed by atoms with Gasteiger partial charge in [-0.2, -0.15) is 0 Å². The molecular formula is C15H30O5. The third-order valence-electron chi connectivity index (χ3n) is 2.10. The van der Waals surface area contributed by atoms with Gasteiger partial charge in [0.25, 0.3) is 0 Å². The highest BCUT2D eigenvalue weighted by Crippen LogP contribution is 1.90. The Labute approximate surface area is 123 Å². The maximum absolute atomic E-state index is 10.5. The van der Waals surface area contributed by atoms with E-state index in [0.717, 1.165) is 25.7 Å². The molecule has 0 fully saturated rings. The third kappa shape index (κ3) is 25.5. The number of hydrogen-bond donors (Lipinski definition) is 0. The lowest BCUT2D eigenvalue weighted by atomic mass is 10.4. The summed E-state index contributed by atoms with van der Waals surface area (Å²) < 4.78 is 9.59. The van der Waals surface area contributed by atoms with Gasteiger partial charge in [-0.3, -0.25) is 9.59 Å². The number of carbonyl (C=O) groups is 3. The van der Waals surface area contributed by atoms with Gasteiger partial charge in [-0.25, -0.2) is 0 Å². The molecule has 20 heavy (non-hydrogen) atoms. The highest BCUT2D eigenvalue weighted by Gasteiger charge is 1.95. The largest absolute Gasteiger partial charge is 0.466 e. The molecule has 0 aliphatic rings. The van der Waals surface area contributed by atoms with Crippen molar-refractivity contribution in [2.45, 2.75) is 66.2 Å². The zero-order valence-corrected chi connectivity index (χ0v) is 13.4. The van der Waals surface area contributed by atoms with Gasteiger partial charge in [0.1, 0.15) is 6.79 Å². The van der Waals surface area contributed by atoms with E-state index in [4.69, 9.17) is 14.3 Å². The molecule has 5 heteroatoms. The summed E-state index contributed by atoms with van der Waals surface area (Å²) in [5.74, 6) is -0.188. The van der Waals surface area contributed by atoms with Crippen LogP contribution in [-0.4, -0.2) is 31.9 Å². The molecule has 0 aromatic rings. The van der Waals surface area contributed by atoms with E-state index in [9.17, 15) is 9.59 Å². The molecule has 0 aromatic heterocycles. The number of rotatable bonds is 8. The maximum atomic E-state index is 10.5. The molecule has 0 aromatic carbocycles. The van der Waals surface area contributed by atoms with Crippen molar-refractivity contribution in [3.05, 3.63) is 0 Å². The predicted octanol–water partition coefficient (Wildman–Crippen LogP) is 3.29. The molecule has 0 bridgehead atoms. The fourth-order valence-corrected chi connectivity index (χ4v) is 0.865. The van der Waals surface area contributed by atoms with Gasteiger partial charge in [0.05, 0.1) is 13.2 Å². The Morgan fingerprint density at radius 3 is 1.25 bits per heavy atom. The van der Waals surface area contributed by atoms with Crippen LogP contribution < -0.4 is 0 Å². The first kappa shape index (κ1) is 23.7. The lowest BCUT2D eigenvalue weighted by Gasteiger charge is -1.99. The first-order valence-electron chi connectivity index (χ1n) is 7.22. The van der Waals surface area contributed by atoms with Crippen LogP contribution >= 0.6 is 0 Å². The zero-order valence-electron chi connectivity index (χ0n) is 13.4. The summed E-state index contributed by atoms with van der Waals surface area (Å²) in [7, 11) is 0. The average molecular weight is 290 g/mol. The molecule has 0 saturated heterocycles. The number of unbranched alkanes of at least 4 members (excludes halogenated alkanes) is 2. The van der Waals surface area contributed by atoms with E-state index in [0.29, 0.717) is 26.1 Å². The summed E-state index contributed by atoms with van der Waals surface area (Å²) in [4.78, 5) is 28.9. The van der Waals surface area contributed by atoms with Gasteiger partial charge in [-0.1, -0.05) is 40.5 Å². The molecule has 0 atom stereocenters. The van der Waals surface area contributed by atoms with Crippen molar-refractivity contribution in [2.75, 3.05) is 13.2 Å². The minimum absolute atomic E-state index is 0.0940. The van der Waals surface area contributed by atoms with E-state index in [1.165, 1.54) is 0 Å². The first-order chi connectivity index (χ1) is 9.62. The Bertz CT molecular complexity index is 194. The van der Waals surface area contributed by atoms with Gasteiger partial charge in [0, 0.05) is 12.8 Å². The van der Waals surface area contributed by atoms with Crippen LogP contribution in [0.2, 0.25) is 0 Å². The van der Waals surface area contributed by atoms with E-state index in [1.807, 2.05) is 6.79 Å². The Balaban J connectivity index is -0.000000257. The van der Waals surface area contributed by atoms with Crippen LogP contribution in [0, 0.1) is 0 Å². The van der Waals surface area contributed by atoms with Crippen LogP contribution in [-0.2, 0) is 23.9 Å². The van der Waals surface area contributed by atoms with Crippen molar-refractivity contribution >= 4 is 18.7 Å². The second-order valence-corrected chi connectivity index (χ2v) is 3.86. The van der Waals surface area contributed by atoms with E-state index >= 15 is 0 Å². The van der Waals surface area contributed by atoms with Crippen molar-refractivity contribution < 1.29 is 23.9 Å². The molecule has 0 N–H and O–H groups in total. The molecule has 0 radical (unpaired) electrons. The highest BCUT2D eigenvalue weighted by atomic mass is 16.5. The van der Waals surface area contributed by atoms with Gasteiger partial charge in [0.15, 0.2) is 0 Å². The van der Waals surface area contributed by atoms with Crippen molar-refractivity contribution in [3.63, 3.8) is 0 Å². The topological polar surface area (TPSA) is 69.7 Å². The molecule has 0 saturated carbocycles. The Morgan fingerprint density at radius 2 is 1.05 bits per heavy atom. The summed E-state index contributed by atoms with van der Waals surface area (Å²) in [6.07, 6.45) is 5.10.